The van der Waals surface area contributed by atoms with Gasteiger partial charge in [-0.2, -0.15) is 18.3 Å². The molecule has 2 aromatic carbocycles. The first kappa shape index (κ1) is 24.9. The minimum Gasteiger partial charge on any atom is -0.352 e. The van der Waals surface area contributed by atoms with Gasteiger partial charge in [0, 0.05) is 29.7 Å². The van der Waals surface area contributed by atoms with Crippen LogP contribution in [0.4, 0.5) is 13.2 Å². The number of carbonyl (C=O) groups is 2. The van der Waals surface area contributed by atoms with Gasteiger partial charge in [-0.05, 0) is 49.6 Å². The highest BCUT2D eigenvalue weighted by Gasteiger charge is 2.31. The lowest BCUT2D eigenvalue weighted by Crippen LogP contribution is -2.34. The zero-order valence-electron chi connectivity index (χ0n) is 19.3. The molecule has 7 nitrogen and oxygen atoms in total. The fourth-order valence-electron chi connectivity index (χ4n) is 4.07. The average Bonchev–Trinajstić information content (AvgIpc) is 3.26. The number of rotatable bonds is 7. The van der Waals surface area contributed by atoms with Gasteiger partial charge in [0.05, 0.1) is 11.5 Å². The van der Waals surface area contributed by atoms with E-state index in [0.29, 0.717) is 29.7 Å². The molecule has 0 saturated carbocycles. The zero-order valence-corrected chi connectivity index (χ0v) is 19.3. The molecule has 1 aliphatic heterocycles. The molecule has 1 atom stereocenters. The van der Waals surface area contributed by atoms with Crippen LogP contribution in [0.1, 0.15) is 34.5 Å². The first-order valence-electron chi connectivity index (χ1n) is 11.3. The topological polar surface area (TPSA) is 92.6 Å². The van der Waals surface area contributed by atoms with Gasteiger partial charge in [-0.15, -0.1) is 0 Å². The summed E-state index contributed by atoms with van der Waals surface area (Å²) in [7, 11) is 0. The van der Waals surface area contributed by atoms with Gasteiger partial charge in [-0.3, -0.25) is 19.0 Å². The van der Waals surface area contributed by atoms with Crippen molar-refractivity contribution in [1.29, 1.82) is 0 Å². The van der Waals surface area contributed by atoms with Crippen molar-refractivity contribution in [3.63, 3.8) is 0 Å². The summed E-state index contributed by atoms with van der Waals surface area (Å²) in [5.41, 5.74) is 2.16. The summed E-state index contributed by atoms with van der Waals surface area (Å²) >= 11 is 0. The molecule has 0 aliphatic carbocycles. The number of carbonyl (C=O) groups excluding carboxylic acids is 2. The second-order valence-corrected chi connectivity index (χ2v) is 8.37. The first-order chi connectivity index (χ1) is 17.2. The van der Waals surface area contributed by atoms with Gasteiger partial charge in [0.1, 0.15) is 5.56 Å². The van der Waals surface area contributed by atoms with Gasteiger partial charge in [-0.1, -0.05) is 36.4 Å². The van der Waals surface area contributed by atoms with Gasteiger partial charge in [0.25, 0.3) is 11.5 Å². The van der Waals surface area contributed by atoms with Crippen LogP contribution in [0.3, 0.4) is 0 Å². The number of benzene rings is 2. The summed E-state index contributed by atoms with van der Waals surface area (Å²) in [4.78, 5) is 38.0. The molecule has 0 radical (unpaired) electrons. The predicted molar refractivity (Wildman–Crippen MR) is 129 cm³/mol. The average molecular weight is 496 g/mol. The van der Waals surface area contributed by atoms with E-state index in [4.69, 9.17) is 0 Å². The Bertz CT molecular complexity index is 1380. The van der Waals surface area contributed by atoms with Crippen molar-refractivity contribution in [2.75, 3.05) is 6.54 Å². The molecular formula is C26H23F3N4O3. The Hall–Kier alpha value is -4.21. The van der Waals surface area contributed by atoms with E-state index in [1.54, 1.807) is 31.2 Å². The maximum Gasteiger partial charge on any atom is 0.416 e. The standard InChI is InChI=1S/C26H23F3N4O3/c1-16-21(17-7-3-2-4-8-17)14-22(24(35)30-12-6-9-18-15-31-32-23(18)34)25(36)33(16)20-11-5-10-19(13-20)26(27,28)29/h2-5,7-8,10-11,13-15,18H,6,9,12H2,1H3,(H,30,35)(H,32,34). The van der Waals surface area contributed by atoms with Crippen molar-refractivity contribution in [1.82, 2.24) is 15.3 Å². The lowest BCUT2D eigenvalue weighted by molar-refractivity contribution is -0.137. The highest BCUT2D eigenvalue weighted by atomic mass is 19.4. The fraction of sp³-hybridized carbons (Fsp3) is 0.231. The molecule has 10 heteroatoms. The van der Waals surface area contributed by atoms with Gasteiger partial charge in [0.15, 0.2) is 0 Å². The molecule has 1 aliphatic rings. The smallest absolute Gasteiger partial charge is 0.352 e. The van der Waals surface area contributed by atoms with Crippen molar-refractivity contribution < 1.29 is 22.8 Å². The predicted octanol–water partition coefficient (Wildman–Crippen LogP) is 4.07. The number of hydrogen-bond acceptors (Lipinski definition) is 4. The maximum absolute atomic E-state index is 13.4. The highest BCUT2D eigenvalue weighted by Crippen LogP contribution is 2.31. The number of aromatic nitrogens is 1. The Balaban J connectivity index is 1.70. The summed E-state index contributed by atoms with van der Waals surface area (Å²) < 4.78 is 41.2. The number of amides is 2. The van der Waals surface area contributed by atoms with E-state index in [2.05, 4.69) is 15.8 Å². The van der Waals surface area contributed by atoms with E-state index >= 15 is 0 Å². The summed E-state index contributed by atoms with van der Waals surface area (Å²) in [6, 6.07) is 14.9. The van der Waals surface area contributed by atoms with Crippen molar-refractivity contribution in [3.8, 4) is 16.8 Å². The number of hydrogen-bond donors (Lipinski definition) is 2. The summed E-state index contributed by atoms with van der Waals surface area (Å²) in [5, 5.41) is 6.38. The number of nitrogens with one attached hydrogen (secondary N) is 2. The molecule has 186 valence electrons. The molecule has 36 heavy (non-hydrogen) atoms. The number of alkyl halides is 3. The molecule has 3 aromatic rings. The minimum absolute atomic E-state index is 0.00527. The number of nitrogens with zero attached hydrogens (tertiary/aromatic N) is 2. The Morgan fingerprint density at radius 3 is 2.50 bits per heavy atom. The second kappa shape index (κ2) is 10.2. The molecule has 2 N–H and O–H groups in total. The maximum atomic E-state index is 13.4. The van der Waals surface area contributed by atoms with E-state index in [1.807, 2.05) is 6.07 Å². The van der Waals surface area contributed by atoms with Crippen LogP contribution >= 0.6 is 0 Å². The number of pyridine rings is 1. The van der Waals surface area contributed by atoms with Gasteiger partial charge in [0.2, 0.25) is 5.91 Å². The molecule has 0 spiro atoms. The quantitative estimate of drug-likeness (QED) is 0.483. The van der Waals surface area contributed by atoms with E-state index in [1.165, 1.54) is 24.4 Å². The summed E-state index contributed by atoms with van der Waals surface area (Å²) in [6.45, 7) is 1.83. The Morgan fingerprint density at radius 2 is 1.83 bits per heavy atom. The number of halogens is 3. The van der Waals surface area contributed by atoms with Crippen molar-refractivity contribution in [2.45, 2.75) is 25.9 Å². The highest BCUT2D eigenvalue weighted by molar-refractivity contribution is 5.97. The van der Waals surface area contributed by atoms with Crippen LogP contribution in [0, 0.1) is 12.8 Å². The van der Waals surface area contributed by atoms with Gasteiger partial charge >= 0.3 is 6.18 Å². The number of hydrazone groups is 1. The molecule has 2 heterocycles. The third-order valence-corrected chi connectivity index (χ3v) is 5.95. The fourth-order valence-corrected chi connectivity index (χ4v) is 4.07. The lowest BCUT2D eigenvalue weighted by atomic mass is 10.0. The second-order valence-electron chi connectivity index (χ2n) is 8.37. The third-order valence-electron chi connectivity index (χ3n) is 5.95. The van der Waals surface area contributed by atoms with E-state index < -0.39 is 23.2 Å². The van der Waals surface area contributed by atoms with Crippen molar-refractivity contribution >= 4 is 18.0 Å². The van der Waals surface area contributed by atoms with E-state index in [0.717, 1.165) is 16.7 Å². The largest absolute Gasteiger partial charge is 0.416 e. The van der Waals surface area contributed by atoms with Crippen LogP contribution in [0.15, 0.2) is 70.6 Å². The van der Waals surface area contributed by atoms with Gasteiger partial charge < -0.3 is 5.32 Å². The third kappa shape index (κ3) is 5.22. The molecule has 2 amide bonds. The van der Waals surface area contributed by atoms with Crippen LogP contribution in [-0.2, 0) is 11.0 Å². The van der Waals surface area contributed by atoms with Crippen molar-refractivity contribution in [3.05, 3.63) is 87.8 Å². The molecule has 4 rings (SSSR count). The first-order valence-corrected chi connectivity index (χ1v) is 11.3. The van der Waals surface area contributed by atoms with E-state index in [-0.39, 0.29) is 29.6 Å². The Morgan fingerprint density at radius 1 is 1.08 bits per heavy atom. The Labute approximate surface area is 204 Å². The van der Waals surface area contributed by atoms with E-state index in [9.17, 15) is 27.6 Å². The van der Waals surface area contributed by atoms with Gasteiger partial charge in [-0.25, -0.2) is 5.43 Å². The minimum atomic E-state index is -4.59. The van der Waals surface area contributed by atoms with Crippen molar-refractivity contribution in [2.24, 2.45) is 11.0 Å². The molecule has 1 aromatic heterocycles. The van der Waals surface area contributed by atoms with Crippen LogP contribution in [0.5, 0.6) is 0 Å². The summed E-state index contributed by atoms with van der Waals surface area (Å²) in [6.07, 6.45) is -2.15. The molecule has 0 saturated heterocycles. The normalized spacial score (nSPS) is 15.1. The molecule has 0 fully saturated rings. The Kier molecular flexibility index (Phi) is 7.05. The monoisotopic (exact) mass is 496 g/mol. The SMILES string of the molecule is Cc1c(-c2ccccc2)cc(C(=O)NCCCC2C=NNC2=O)c(=O)n1-c1cccc(C(F)(F)F)c1. The van der Waals surface area contributed by atoms with Crippen LogP contribution in [0.2, 0.25) is 0 Å². The lowest BCUT2D eigenvalue weighted by Gasteiger charge is -2.18. The van der Waals surface area contributed by atoms with Crippen LogP contribution in [0.25, 0.3) is 16.8 Å². The summed E-state index contributed by atoms with van der Waals surface area (Å²) in [5.74, 6) is -1.23. The zero-order chi connectivity index (χ0) is 25.9. The van der Waals surface area contributed by atoms with Crippen LogP contribution < -0.4 is 16.3 Å². The molecule has 1 unspecified atom stereocenters. The molecular weight excluding hydrogens is 473 g/mol. The van der Waals surface area contributed by atoms with Crippen LogP contribution in [-0.4, -0.2) is 29.1 Å². The molecule has 0 bridgehead atoms.